The summed E-state index contributed by atoms with van der Waals surface area (Å²) in [5.41, 5.74) is 5.29. The van der Waals surface area contributed by atoms with Crippen LogP contribution in [0.15, 0.2) is 23.6 Å². The molecule has 4 N–H and O–H groups in total. The van der Waals surface area contributed by atoms with Crippen LogP contribution < -0.4 is 10.5 Å². The van der Waals surface area contributed by atoms with Gasteiger partial charge < -0.3 is 5.73 Å². The summed E-state index contributed by atoms with van der Waals surface area (Å²) in [5, 5.41) is 6.23. The van der Waals surface area contributed by atoms with Gasteiger partial charge in [-0.25, -0.2) is 28.1 Å². The van der Waals surface area contributed by atoms with Gasteiger partial charge in [-0.05, 0) is 6.92 Å². The number of nitrogens with zero attached hydrogens (tertiary/aromatic N) is 4. The van der Waals surface area contributed by atoms with Crippen molar-refractivity contribution in [3.8, 4) is 0 Å². The zero-order valence-electron chi connectivity index (χ0n) is 9.40. The number of nitrogens with one attached hydrogen (secondary N) is 2. The van der Waals surface area contributed by atoms with Crippen molar-refractivity contribution in [3.63, 3.8) is 0 Å². The maximum Gasteiger partial charge on any atom is 0.244 e. The van der Waals surface area contributed by atoms with Gasteiger partial charge in [-0.2, -0.15) is 5.10 Å². The summed E-state index contributed by atoms with van der Waals surface area (Å²) in [6.07, 6.45) is 3.57. The Morgan fingerprint density at radius 2 is 2.00 bits per heavy atom. The van der Waals surface area contributed by atoms with E-state index in [0.29, 0.717) is 5.82 Å². The number of rotatable bonds is 4. The second kappa shape index (κ2) is 4.66. The van der Waals surface area contributed by atoms with Crippen LogP contribution in [0, 0.1) is 0 Å². The predicted molar refractivity (Wildman–Crippen MR) is 61.6 cm³/mol. The normalized spacial score (nSPS) is 13.4. The van der Waals surface area contributed by atoms with Crippen LogP contribution in [0.25, 0.3) is 0 Å². The van der Waals surface area contributed by atoms with Gasteiger partial charge in [0.05, 0.1) is 18.4 Å². The first-order valence-electron chi connectivity index (χ1n) is 4.94. The summed E-state index contributed by atoms with van der Waals surface area (Å²) in [5.74, 6) is 0.423. The van der Waals surface area contributed by atoms with Crippen molar-refractivity contribution in [2.45, 2.75) is 17.9 Å². The Hall–Kier alpha value is -2.07. The summed E-state index contributed by atoms with van der Waals surface area (Å²) in [6, 6.07) is -0.546. The molecule has 0 bridgehead atoms. The van der Waals surface area contributed by atoms with Crippen LogP contribution in [0.2, 0.25) is 0 Å². The molecule has 10 heteroatoms. The average Bonchev–Trinajstić information content (AvgIpc) is 2.82. The molecule has 0 aromatic carbocycles. The summed E-state index contributed by atoms with van der Waals surface area (Å²) >= 11 is 0. The van der Waals surface area contributed by atoms with E-state index in [1.165, 1.54) is 6.33 Å². The minimum absolute atomic E-state index is 0.0113. The van der Waals surface area contributed by atoms with Gasteiger partial charge in [0.2, 0.25) is 16.0 Å². The summed E-state index contributed by atoms with van der Waals surface area (Å²) in [7, 11) is -3.72. The molecule has 0 aliphatic heterocycles. The molecule has 2 rings (SSSR count). The molecule has 0 aliphatic carbocycles. The van der Waals surface area contributed by atoms with Gasteiger partial charge in [0.1, 0.15) is 17.0 Å². The highest BCUT2D eigenvalue weighted by molar-refractivity contribution is 7.89. The molecule has 1 unspecified atom stereocenters. The molecule has 0 saturated heterocycles. The quantitative estimate of drug-likeness (QED) is 0.661. The van der Waals surface area contributed by atoms with Crippen molar-refractivity contribution < 1.29 is 8.42 Å². The Bertz CT molecular complexity index is 607. The van der Waals surface area contributed by atoms with Gasteiger partial charge in [-0.3, -0.25) is 5.10 Å². The molecule has 0 amide bonds. The van der Waals surface area contributed by atoms with E-state index in [2.05, 4.69) is 29.9 Å². The van der Waals surface area contributed by atoms with Crippen LogP contribution in [0.1, 0.15) is 18.8 Å². The number of nitrogens with two attached hydrogens (primary N) is 1. The van der Waals surface area contributed by atoms with E-state index < -0.39 is 16.1 Å². The zero-order chi connectivity index (χ0) is 13.2. The van der Waals surface area contributed by atoms with Gasteiger partial charge in [0.15, 0.2) is 0 Å². The highest BCUT2D eigenvalue weighted by Gasteiger charge is 2.20. The van der Waals surface area contributed by atoms with Gasteiger partial charge >= 0.3 is 0 Å². The number of hydrogen-bond donors (Lipinski definition) is 3. The SMILES string of the molecule is CC(NS(=O)(=O)c1cnc(N)nc1)c1ncn[nH]1. The number of hydrogen-bond acceptors (Lipinski definition) is 7. The molecule has 0 spiro atoms. The molecule has 2 aromatic rings. The molecule has 0 radical (unpaired) electrons. The molecule has 9 nitrogen and oxygen atoms in total. The Morgan fingerprint density at radius 3 is 2.56 bits per heavy atom. The fraction of sp³-hybridized carbons (Fsp3) is 0.250. The van der Waals surface area contributed by atoms with Crippen molar-refractivity contribution in [3.05, 3.63) is 24.5 Å². The molecule has 96 valence electrons. The predicted octanol–water partition coefficient (Wildman–Crippen LogP) is -0.784. The zero-order valence-corrected chi connectivity index (χ0v) is 10.2. The summed E-state index contributed by atoms with van der Waals surface area (Å²) in [6.45, 7) is 1.64. The Balaban J connectivity index is 2.20. The van der Waals surface area contributed by atoms with Gasteiger partial charge in [-0.1, -0.05) is 0 Å². The Morgan fingerprint density at radius 1 is 1.33 bits per heavy atom. The van der Waals surface area contributed by atoms with E-state index in [0.717, 1.165) is 12.4 Å². The van der Waals surface area contributed by atoms with E-state index in [9.17, 15) is 8.42 Å². The smallest absolute Gasteiger partial charge is 0.244 e. The van der Waals surface area contributed by atoms with Gasteiger partial charge in [0, 0.05) is 0 Å². The van der Waals surface area contributed by atoms with Gasteiger partial charge in [-0.15, -0.1) is 0 Å². The molecule has 0 aliphatic rings. The third kappa shape index (κ3) is 2.60. The minimum atomic E-state index is -3.72. The summed E-state index contributed by atoms with van der Waals surface area (Å²) < 4.78 is 26.3. The van der Waals surface area contributed by atoms with Crippen LogP contribution in [-0.4, -0.2) is 33.6 Å². The van der Waals surface area contributed by atoms with E-state index in [1.54, 1.807) is 6.92 Å². The Labute approximate surface area is 103 Å². The van der Waals surface area contributed by atoms with E-state index in [1.807, 2.05) is 0 Å². The molecule has 0 saturated carbocycles. The van der Waals surface area contributed by atoms with E-state index >= 15 is 0 Å². The molecule has 2 aromatic heterocycles. The number of H-pyrrole nitrogens is 1. The highest BCUT2D eigenvalue weighted by atomic mass is 32.2. The number of sulfonamides is 1. The first-order chi connectivity index (χ1) is 8.49. The van der Waals surface area contributed by atoms with Crippen LogP contribution in [0.5, 0.6) is 0 Å². The molecule has 18 heavy (non-hydrogen) atoms. The standard InChI is InChI=1S/C8H11N7O2S/c1-5(7-12-4-13-14-7)15-18(16,17)6-2-10-8(9)11-3-6/h2-5,15H,1H3,(H2,9,10,11)(H,12,13,14). The lowest BCUT2D eigenvalue weighted by Crippen LogP contribution is -2.27. The second-order valence-electron chi connectivity index (χ2n) is 3.49. The summed E-state index contributed by atoms with van der Waals surface area (Å²) in [4.78, 5) is 11.1. The van der Waals surface area contributed by atoms with Crippen LogP contribution >= 0.6 is 0 Å². The topological polar surface area (TPSA) is 140 Å². The lowest BCUT2D eigenvalue weighted by Gasteiger charge is -2.11. The van der Waals surface area contributed by atoms with Crippen LogP contribution in [0.4, 0.5) is 5.95 Å². The number of aromatic nitrogens is 5. The van der Waals surface area contributed by atoms with E-state index in [4.69, 9.17) is 5.73 Å². The van der Waals surface area contributed by atoms with Crippen molar-refractivity contribution in [2.75, 3.05) is 5.73 Å². The fourth-order valence-electron chi connectivity index (χ4n) is 1.25. The van der Waals surface area contributed by atoms with E-state index in [-0.39, 0.29) is 10.8 Å². The molecular weight excluding hydrogens is 258 g/mol. The fourth-order valence-corrected chi connectivity index (χ4v) is 2.34. The first kappa shape index (κ1) is 12.4. The van der Waals surface area contributed by atoms with Crippen LogP contribution in [0.3, 0.4) is 0 Å². The Kier molecular flexibility index (Phi) is 3.21. The van der Waals surface area contributed by atoms with Crippen LogP contribution in [-0.2, 0) is 10.0 Å². The number of aromatic amines is 1. The monoisotopic (exact) mass is 269 g/mol. The largest absolute Gasteiger partial charge is 0.368 e. The molecule has 2 heterocycles. The van der Waals surface area contributed by atoms with Crippen molar-refractivity contribution in [2.24, 2.45) is 0 Å². The number of anilines is 1. The number of nitrogen functional groups attached to an aromatic ring is 1. The van der Waals surface area contributed by atoms with Crippen molar-refractivity contribution in [1.29, 1.82) is 0 Å². The highest BCUT2D eigenvalue weighted by Crippen LogP contribution is 2.12. The maximum absolute atomic E-state index is 12.0. The molecular formula is C8H11N7O2S. The third-order valence-corrected chi connectivity index (χ3v) is 3.63. The minimum Gasteiger partial charge on any atom is -0.368 e. The van der Waals surface area contributed by atoms with Gasteiger partial charge in [0.25, 0.3) is 0 Å². The lowest BCUT2D eigenvalue weighted by molar-refractivity contribution is 0.559. The molecule has 1 atom stereocenters. The first-order valence-corrected chi connectivity index (χ1v) is 6.42. The van der Waals surface area contributed by atoms with Crippen molar-refractivity contribution in [1.82, 2.24) is 29.9 Å². The third-order valence-electron chi connectivity index (χ3n) is 2.13. The molecule has 0 fully saturated rings. The average molecular weight is 269 g/mol. The maximum atomic E-state index is 12.0. The lowest BCUT2D eigenvalue weighted by atomic mass is 10.3. The second-order valence-corrected chi connectivity index (χ2v) is 5.20. The van der Waals surface area contributed by atoms with Crippen molar-refractivity contribution >= 4 is 16.0 Å².